The number of hydrogen-bond donors (Lipinski definition) is 1. The summed E-state index contributed by atoms with van der Waals surface area (Å²) in [6.07, 6.45) is 6.17. The number of ether oxygens (including phenoxy) is 2. The summed E-state index contributed by atoms with van der Waals surface area (Å²) in [6, 6.07) is 5.26. The zero-order chi connectivity index (χ0) is 31.2. The van der Waals surface area contributed by atoms with Crippen LogP contribution in [-0.2, 0) is 11.8 Å². The molecular weight excluding hydrogens is 598 g/mol. The summed E-state index contributed by atoms with van der Waals surface area (Å²) in [4.78, 5) is 35.8. The number of aromatic nitrogens is 7. The van der Waals surface area contributed by atoms with E-state index in [1.165, 1.54) is 29.1 Å². The maximum absolute atomic E-state index is 13.0. The van der Waals surface area contributed by atoms with Crippen LogP contribution in [0.15, 0.2) is 43.1 Å². The molecule has 0 aromatic carbocycles. The summed E-state index contributed by atoms with van der Waals surface area (Å²) in [6.45, 7) is -1.02. The smallest absolute Gasteiger partial charge is 0.415 e. The molecule has 5 rings (SSSR count). The highest BCUT2D eigenvalue weighted by molar-refractivity contribution is 6.33. The molecular formula is C28H27ClF2N10O3. The van der Waals surface area contributed by atoms with E-state index in [0.29, 0.717) is 59.2 Å². The number of nitrogens with zero attached hydrogens (tertiary/aromatic N) is 9. The molecule has 1 saturated carbocycles. The lowest BCUT2D eigenvalue weighted by molar-refractivity contribution is 0.0505. The number of alkyl halides is 2. The molecule has 228 valence electrons. The summed E-state index contributed by atoms with van der Waals surface area (Å²) in [5.41, 5.74) is 2.47. The number of carbonyl (C=O) groups is 1. The average Bonchev–Trinajstić information content (AvgIpc) is 3.38. The molecule has 4 heterocycles. The first-order valence-electron chi connectivity index (χ1n) is 13.6. The Bertz CT molecular complexity index is 1620. The third-order valence-electron chi connectivity index (χ3n) is 7.09. The van der Waals surface area contributed by atoms with Crippen LogP contribution in [0.5, 0.6) is 6.01 Å². The van der Waals surface area contributed by atoms with Crippen LogP contribution in [0.2, 0.25) is 5.02 Å². The van der Waals surface area contributed by atoms with Gasteiger partial charge in [0, 0.05) is 48.8 Å². The molecule has 0 atom stereocenters. The van der Waals surface area contributed by atoms with Gasteiger partial charge in [0.25, 0.3) is 6.43 Å². The van der Waals surface area contributed by atoms with Crippen molar-refractivity contribution in [3.05, 3.63) is 53.7 Å². The number of anilines is 2. The van der Waals surface area contributed by atoms with Gasteiger partial charge in [-0.15, -0.1) is 0 Å². The van der Waals surface area contributed by atoms with E-state index in [-0.39, 0.29) is 29.5 Å². The van der Waals surface area contributed by atoms with Crippen LogP contribution in [0.25, 0.3) is 22.5 Å². The van der Waals surface area contributed by atoms with Crippen molar-refractivity contribution in [2.24, 2.45) is 7.05 Å². The van der Waals surface area contributed by atoms with E-state index in [2.05, 4.69) is 41.4 Å². The molecule has 1 aliphatic carbocycles. The lowest BCUT2D eigenvalue weighted by Gasteiger charge is -2.36. The van der Waals surface area contributed by atoms with E-state index in [9.17, 15) is 18.8 Å². The number of hydrogen-bond acceptors (Lipinski definition) is 11. The van der Waals surface area contributed by atoms with Gasteiger partial charge in [-0.05, 0) is 37.8 Å². The van der Waals surface area contributed by atoms with Crippen LogP contribution in [0.4, 0.5) is 25.3 Å². The van der Waals surface area contributed by atoms with Crippen LogP contribution in [-0.4, -0.2) is 73.0 Å². The molecule has 0 aliphatic heterocycles. The average molecular weight is 625 g/mol. The summed E-state index contributed by atoms with van der Waals surface area (Å²) < 4.78 is 37.2. The normalized spacial score (nSPS) is 16.3. The summed E-state index contributed by atoms with van der Waals surface area (Å²) >= 11 is 6.29. The predicted molar refractivity (Wildman–Crippen MR) is 155 cm³/mol. The molecule has 13 nitrogen and oxygen atoms in total. The Hall–Kier alpha value is -4.97. The van der Waals surface area contributed by atoms with Crippen LogP contribution in [0.1, 0.15) is 31.2 Å². The third kappa shape index (κ3) is 6.81. The summed E-state index contributed by atoms with van der Waals surface area (Å²) in [5.74, 6) is 0.583. The highest BCUT2D eigenvalue weighted by Crippen LogP contribution is 2.32. The largest absolute Gasteiger partial charge is 0.467 e. The standard InChI is InChI=1S/C28H27ClF2N10O3/c1-40-25(21(29)14-37-40)24-17(9-32)11-34-26(39-24)38-19-4-6-20(7-5-19)41(28(42)44-15-22(30)31)23-8-3-16(10-33-23)18-12-35-27(43-2)36-13-18/h3,8,10-14,19-20,22H,4-7,15H2,1-2H3,(H,34,38,39)/t19-,20-. The van der Waals surface area contributed by atoms with Gasteiger partial charge in [0.2, 0.25) is 5.95 Å². The number of nitriles is 1. The number of carbonyl (C=O) groups excluding carboxylic acids is 1. The number of nitrogens with one attached hydrogen (secondary N) is 1. The number of rotatable bonds is 9. The maximum Gasteiger partial charge on any atom is 0.415 e. The fourth-order valence-corrected chi connectivity index (χ4v) is 5.21. The topological polar surface area (TPSA) is 157 Å². The Morgan fingerprint density at radius 2 is 1.84 bits per heavy atom. The molecule has 1 fully saturated rings. The quantitative estimate of drug-likeness (QED) is 0.270. The first kappa shape index (κ1) is 30.5. The van der Waals surface area contributed by atoms with Gasteiger partial charge in [-0.1, -0.05) is 11.6 Å². The monoisotopic (exact) mass is 624 g/mol. The molecule has 16 heteroatoms. The Kier molecular flexibility index (Phi) is 9.39. The van der Waals surface area contributed by atoms with Crippen molar-refractivity contribution in [3.8, 4) is 34.6 Å². The van der Waals surface area contributed by atoms with Crippen molar-refractivity contribution < 1.29 is 23.0 Å². The number of pyridine rings is 1. The lowest BCUT2D eigenvalue weighted by Crippen LogP contribution is -2.45. The van der Waals surface area contributed by atoms with Gasteiger partial charge in [-0.25, -0.2) is 38.5 Å². The Morgan fingerprint density at radius 3 is 2.43 bits per heavy atom. The molecule has 44 heavy (non-hydrogen) atoms. The Labute approximate surface area is 255 Å². The van der Waals surface area contributed by atoms with Crippen molar-refractivity contribution in [2.45, 2.75) is 44.2 Å². The molecule has 0 radical (unpaired) electrons. The van der Waals surface area contributed by atoms with Gasteiger partial charge in [-0.2, -0.15) is 10.4 Å². The minimum Gasteiger partial charge on any atom is -0.467 e. The molecule has 1 N–H and O–H groups in total. The lowest BCUT2D eigenvalue weighted by atomic mass is 9.90. The summed E-state index contributed by atoms with van der Waals surface area (Å²) in [7, 11) is 3.17. The van der Waals surface area contributed by atoms with Gasteiger partial charge < -0.3 is 14.8 Å². The first-order chi connectivity index (χ1) is 21.3. The molecule has 0 spiro atoms. The van der Waals surface area contributed by atoms with Gasteiger partial charge in [0.15, 0.2) is 6.61 Å². The molecule has 4 aromatic rings. The van der Waals surface area contributed by atoms with E-state index in [0.717, 1.165) is 0 Å². The van der Waals surface area contributed by atoms with Crippen LogP contribution in [0, 0.1) is 11.3 Å². The van der Waals surface area contributed by atoms with E-state index in [4.69, 9.17) is 21.1 Å². The predicted octanol–water partition coefficient (Wildman–Crippen LogP) is 4.89. The van der Waals surface area contributed by atoms with E-state index in [1.54, 1.807) is 37.8 Å². The third-order valence-corrected chi connectivity index (χ3v) is 7.37. The van der Waals surface area contributed by atoms with Crippen molar-refractivity contribution in [1.29, 1.82) is 5.26 Å². The van der Waals surface area contributed by atoms with E-state index in [1.807, 2.05) is 0 Å². The van der Waals surface area contributed by atoms with Gasteiger partial charge in [0.1, 0.15) is 23.3 Å². The van der Waals surface area contributed by atoms with Gasteiger partial charge in [-0.3, -0.25) is 9.58 Å². The molecule has 0 unspecified atom stereocenters. The van der Waals surface area contributed by atoms with Crippen molar-refractivity contribution in [2.75, 3.05) is 23.9 Å². The SMILES string of the molecule is COc1ncc(-c2ccc(N(C(=O)OCC(F)F)[C@H]3CC[C@H](Nc4ncc(C#N)c(-c5c(Cl)cnn5C)n4)CC3)nc2)cn1. The fraction of sp³-hybridized carbons (Fsp3) is 0.357. The highest BCUT2D eigenvalue weighted by atomic mass is 35.5. The zero-order valence-electron chi connectivity index (χ0n) is 23.7. The highest BCUT2D eigenvalue weighted by Gasteiger charge is 2.33. The van der Waals surface area contributed by atoms with Crippen molar-refractivity contribution in [3.63, 3.8) is 0 Å². The number of halogens is 3. The van der Waals surface area contributed by atoms with Crippen LogP contribution in [0.3, 0.4) is 0 Å². The van der Waals surface area contributed by atoms with E-state index < -0.39 is 19.1 Å². The zero-order valence-corrected chi connectivity index (χ0v) is 24.4. The second kappa shape index (κ2) is 13.6. The Morgan fingerprint density at radius 1 is 1.11 bits per heavy atom. The number of methoxy groups -OCH3 is 1. The summed E-state index contributed by atoms with van der Waals surface area (Å²) in [5, 5.41) is 17.3. The van der Waals surface area contributed by atoms with E-state index >= 15 is 0 Å². The van der Waals surface area contributed by atoms with Crippen molar-refractivity contribution in [1.82, 2.24) is 34.7 Å². The van der Waals surface area contributed by atoms with Crippen LogP contribution < -0.4 is 15.0 Å². The molecule has 4 aromatic heterocycles. The molecule has 1 aliphatic rings. The second-order valence-corrected chi connectivity index (χ2v) is 10.3. The van der Waals surface area contributed by atoms with Crippen LogP contribution >= 0.6 is 11.6 Å². The van der Waals surface area contributed by atoms with Crippen molar-refractivity contribution >= 4 is 29.5 Å². The minimum absolute atomic E-state index is 0.0570. The molecule has 0 bridgehead atoms. The maximum atomic E-state index is 13.0. The second-order valence-electron chi connectivity index (χ2n) is 9.88. The Balaban J connectivity index is 1.30. The number of amides is 1. The fourth-order valence-electron chi connectivity index (χ4n) is 4.96. The van der Waals surface area contributed by atoms with Gasteiger partial charge >= 0.3 is 12.1 Å². The molecule has 1 amide bonds. The van der Waals surface area contributed by atoms with Gasteiger partial charge in [0.05, 0.1) is 30.1 Å². The molecule has 0 saturated heterocycles. The minimum atomic E-state index is -2.80. The number of aryl methyl sites for hydroxylation is 1. The first-order valence-corrected chi connectivity index (χ1v) is 13.9.